The molecule has 3 rings (SSSR count). The molecule has 0 spiro atoms. The lowest BCUT2D eigenvalue weighted by atomic mass is 9.93. The maximum absolute atomic E-state index is 11.6. The highest BCUT2D eigenvalue weighted by Gasteiger charge is 2.22. The van der Waals surface area contributed by atoms with Crippen molar-refractivity contribution in [2.75, 3.05) is 10.6 Å². The van der Waals surface area contributed by atoms with Crippen LogP contribution >= 0.6 is 0 Å². The number of amides is 1. The molecule has 0 bridgehead atoms. The van der Waals surface area contributed by atoms with Crippen molar-refractivity contribution in [1.29, 1.82) is 0 Å². The first-order chi connectivity index (χ1) is 11.1. The molecule has 0 atom stereocenters. The maximum Gasteiger partial charge on any atom is 0.254 e. The molecule has 1 aromatic heterocycles. The number of carbonyl (C=O) groups is 1. The van der Waals surface area contributed by atoms with Crippen LogP contribution in [0.5, 0.6) is 0 Å². The molecule has 0 saturated heterocycles. The second kappa shape index (κ2) is 7.12. The minimum atomic E-state index is -0.532. The molecule has 2 saturated carbocycles. The SMILES string of the molecule is NC(=O)c1cnc(NC2CCCC2)nc1NC1CCC(O)CC1. The smallest absolute Gasteiger partial charge is 0.254 e. The van der Waals surface area contributed by atoms with E-state index in [2.05, 4.69) is 20.6 Å². The van der Waals surface area contributed by atoms with Gasteiger partial charge in [0.15, 0.2) is 0 Å². The first-order valence-corrected chi connectivity index (χ1v) is 8.50. The average Bonchev–Trinajstić information content (AvgIpc) is 3.02. The van der Waals surface area contributed by atoms with Gasteiger partial charge in [0.2, 0.25) is 5.95 Å². The lowest BCUT2D eigenvalue weighted by Gasteiger charge is -2.27. The van der Waals surface area contributed by atoms with Crippen molar-refractivity contribution in [2.45, 2.75) is 69.6 Å². The summed E-state index contributed by atoms with van der Waals surface area (Å²) in [6.07, 6.45) is 9.24. The summed E-state index contributed by atoms with van der Waals surface area (Å²) in [6.45, 7) is 0. The number of nitrogens with one attached hydrogen (secondary N) is 2. The topological polar surface area (TPSA) is 113 Å². The Morgan fingerprint density at radius 1 is 1.09 bits per heavy atom. The van der Waals surface area contributed by atoms with Crippen molar-refractivity contribution in [3.63, 3.8) is 0 Å². The molecule has 2 fully saturated rings. The first kappa shape index (κ1) is 16.0. The summed E-state index contributed by atoms with van der Waals surface area (Å²) >= 11 is 0. The molecule has 5 N–H and O–H groups in total. The molecule has 1 aromatic rings. The lowest BCUT2D eigenvalue weighted by Crippen LogP contribution is -2.30. The molecule has 2 aliphatic rings. The van der Waals surface area contributed by atoms with E-state index in [1.807, 2.05) is 0 Å². The van der Waals surface area contributed by atoms with Crippen molar-refractivity contribution in [1.82, 2.24) is 9.97 Å². The maximum atomic E-state index is 11.6. The van der Waals surface area contributed by atoms with Gasteiger partial charge >= 0.3 is 0 Å². The number of aromatic nitrogens is 2. The fraction of sp³-hybridized carbons (Fsp3) is 0.688. The Bertz CT molecular complexity index is 551. The second-order valence-electron chi connectivity index (χ2n) is 6.60. The summed E-state index contributed by atoms with van der Waals surface area (Å²) in [5.74, 6) is 0.505. The van der Waals surface area contributed by atoms with E-state index in [0.717, 1.165) is 38.5 Å². The van der Waals surface area contributed by atoms with Gasteiger partial charge in [-0.3, -0.25) is 4.79 Å². The van der Waals surface area contributed by atoms with E-state index in [1.54, 1.807) is 0 Å². The predicted molar refractivity (Wildman–Crippen MR) is 88.3 cm³/mol. The molecule has 7 heteroatoms. The van der Waals surface area contributed by atoms with Crippen molar-refractivity contribution in [2.24, 2.45) is 5.73 Å². The van der Waals surface area contributed by atoms with Crippen LogP contribution in [0.2, 0.25) is 0 Å². The third-order valence-corrected chi connectivity index (χ3v) is 4.78. The molecule has 0 unspecified atom stereocenters. The number of nitrogens with two attached hydrogens (primary N) is 1. The third-order valence-electron chi connectivity index (χ3n) is 4.78. The number of hydrogen-bond acceptors (Lipinski definition) is 6. The Morgan fingerprint density at radius 2 is 1.74 bits per heavy atom. The largest absolute Gasteiger partial charge is 0.393 e. The second-order valence-corrected chi connectivity index (χ2v) is 6.60. The standard InChI is InChI=1S/C16H25N5O2/c17-14(23)13-9-18-16(20-10-3-1-2-4-10)21-15(13)19-11-5-7-12(22)8-6-11/h9-12,22H,1-8H2,(H2,17,23)(H2,18,19,20,21). The van der Waals surface area contributed by atoms with Crippen LogP contribution in [0, 0.1) is 0 Å². The van der Waals surface area contributed by atoms with Crippen LogP contribution in [0.3, 0.4) is 0 Å². The molecule has 126 valence electrons. The number of aliphatic hydroxyl groups excluding tert-OH is 1. The Hall–Kier alpha value is -1.89. The van der Waals surface area contributed by atoms with Crippen LogP contribution < -0.4 is 16.4 Å². The number of hydrogen-bond donors (Lipinski definition) is 4. The lowest BCUT2D eigenvalue weighted by molar-refractivity contribution is 0.1000. The molecule has 0 radical (unpaired) electrons. The normalized spacial score (nSPS) is 25.3. The highest BCUT2D eigenvalue weighted by molar-refractivity contribution is 5.97. The number of nitrogens with zero attached hydrogens (tertiary/aromatic N) is 2. The van der Waals surface area contributed by atoms with Gasteiger partial charge < -0.3 is 21.5 Å². The van der Waals surface area contributed by atoms with Crippen LogP contribution in [0.4, 0.5) is 11.8 Å². The number of rotatable bonds is 5. The van der Waals surface area contributed by atoms with Crippen LogP contribution in [-0.2, 0) is 0 Å². The molecular weight excluding hydrogens is 294 g/mol. The van der Waals surface area contributed by atoms with Gasteiger partial charge in [0.25, 0.3) is 5.91 Å². The summed E-state index contributed by atoms with van der Waals surface area (Å²) in [6, 6.07) is 0.609. The molecule has 2 aliphatic carbocycles. The van der Waals surface area contributed by atoms with E-state index in [-0.39, 0.29) is 12.1 Å². The van der Waals surface area contributed by atoms with Crippen molar-refractivity contribution in [3.05, 3.63) is 11.8 Å². The quantitative estimate of drug-likeness (QED) is 0.656. The van der Waals surface area contributed by atoms with E-state index in [4.69, 9.17) is 5.73 Å². The summed E-state index contributed by atoms with van der Waals surface area (Å²) < 4.78 is 0. The van der Waals surface area contributed by atoms with Gasteiger partial charge in [-0.2, -0.15) is 4.98 Å². The van der Waals surface area contributed by atoms with E-state index < -0.39 is 5.91 Å². The number of primary amides is 1. The number of anilines is 2. The van der Waals surface area contributed by atoms with Crippen molar-refractivity contribution < 1.29 is 9.90 Å². The van der Waals surface area contributed by atoms with Gasteiger partial charge in [0, 0.05) is 18.3 Å². The van der Waals surface area contributed by atoms with Gasteiger partial charge in [-0.25, -0.2) is 4.98 Å². The van der Waals surface area contributed by atoms with Gasteiger partial charge in [0.05, 0.1) is 11.7 Å². The Labute approximate surface area is 136 Å². The fourth-order valence-electron chi connectivity index (χ4n) is 3.41. The van der Waals surface area contributed by atoms with E-state index in [1.165, 1.54) is 19.0 Å². The zero-order valence-corrected chi connectivity index (χ0v) is 13.3. The molecule has 0 aromatic carbocycles. The van der Waals surface area contributed by atoms with Crippen LogP contribution in [-0.4, -0.2) is 39.2 Å². The summed E-state index contributed by atoms with van der Waals surface area (Å²) in [5, 5.41) is 16.3. The molecule has 23 heavy (non-hydrogen) atoms. The summed E-state index contributed by atoms with van der Waals surface area (Å²) in [4.78, 5) is 20.3. The predicted octanol–water partition coefficient (Wildman–Crippen LogP) is 1.65. The van der Waals surface area contributed by atoms with Crippen molar-refractivity contribution >= 4 is 17.7 Å². The van der Waals surface area contributed by atoms with Gasteiger partial charge in [-0.05, 0) is 38.5 Å². The van der Waals surface area contributed by atoms with Crippen LogP contribution in [0.1, 0.15) is 61.7 Å². The zero-order valence-electron chi connectivity index (χ0n) is 13.3. The summed E-state index contributed by atoms with van der Waals surface area (Å²) in [5.41, 5.74) is 5.75. The van der Waals surface area contributed by atoms with E-state index >= 15 is 0 Å². The highest BCUT2D eigenvalue weighted by atomic mass is 16.3. The summed E-state index contributed by atoms with van der Waals surface area (Å²) in [7, 11) is 0. The monoisotopic (exact) mass is 319 g/mol. The van der Waals surface area contributed by atoms with Crippen LogP contribution in [0.25, 0.3) is 0 Å². The third kappa shape index (κ3) is 4.10. The zero-order chi connectivity index (χ0) is 16.2. The fourth-order valence-corrected chi connectivity index (χ4v) is 3.41. The minimum Gasteiger partial charge on any atom is -0.393 e. The Morgan fingerprint density at radius 3 is 2.39 bits per heavy atom. The van der Waals surface area contributed by atoms with Gasteiger partial charge in [-0.1, -0.05) is 12.8 Å². The molecular formula is C16H25N5O2. The average molecular weight is 319 g/mol. The van der Waals surface area contributed by atoms with Crippen LogP contribution in [0.15, 0.2) is 6.20 Å². The van der Waals surface area contributed by atoms with E-state index in [0.29, 0.717) is 23.4 Å². The molecule has 1 heterocycles. The first-order valence-electron chi connectivity index (χ1n) is 8.50. The highest BCUT2D eigenvalue weighted by Crippen LogP contribution is 2.25. The van der Waals surface area contributed by atoms with E-state index in [9.17, 15) is 9.90 Å². The number of aliphatic hydroxyl groups is 1. The van der Waals surface area contributed by atoms with Crippen molar-refractivity contribution in [3.8, 4) is 0 Å². The Balaban J connectivity index is 1.73. The number of carbonyl (C=O) groups excluding carboxylic acids is 1. The van der Waals surface area contributed by atoms with Gasteiger partial charge in [0.1, 0.15) is 5.82 Å². The molecule has 0 aliphatic heterocycles. The molecule has 1 amide bonds. The Kier molecular flexibility index (Phi) is 4.95. The van der Waals surface area contributed by atoms with Gasteiger partial charge in [-0.15, -0.1) is 0 Å². The minimum absolute atomic E-state index is 0.200. The molecule has 7 nitrogen and oxygen atoms in total.